The Labute approximate surface area is 140 Å². The van der Waals surface area contributed by atoms with Gasteiger partial charge in [-0.25, -0.2) is 0 Å². The fourth-order valence-electron chi connectivity index (χ4n) is 2.41. The van der Waals surface area contributed by atoms with Crippen LogP contribution in [-0.2, 0) is 15.0 Å². The van der Waals surface area contributed by atoms with Gasteiger partial charge in [-0.15, -0.1) is 0 Å². The van der Waals surface area contributed by atoms with E-state index in [0.29, 0.717) is 22.5 Å². The van der Waals surface area contributed by atoms with Gasteiger partial charge in [0.05, 0.1) is 11.4 Å². The van der Waals surface area contributed by atoms with Crippen molar-refractivity contribution in [3.8, 4) is 0 Å². The summed E-state index contributed by atoms with van der Waals surface area (Å²) in [6, 6.07) is 13.4. The third-order valence-corrected chi connectivity index (χ3v) is 4.34. The first-order chi connectivity index (χ1) is 11.3. The molecule has 0 saturated carbocycles. The molecule has 1 amide bonds. The van der Waals surface area contributed by atoms with Gasteiger partial charge in [-0.1, -0.05) is 24.3 Å². The summed E-state index contributed by atoms with van der Waals surface area (Å²) < 4.78 is 0. The van der Waals surface area contributed by atoms with Gasteiger partial charge in [-0.2, -0.15) is 0 Å². The number of ketones is 2. The molecule has 2 aromatic carbocycles. The molecule has 5 heteroatoms. The predicted octanol–water partition coefficient (Wildman–Crippen LogP) is 2.96. The van der Waals surface area contributed by atoms with Crippen molar-refractivity contribution in [1.82, 2.24) is 0 Å². The van der Waals surface area contributed by atoms with Gasteiger partial charge in [0.25, 0.3) is 5.91 Å². The highest BCUT2D eigenvalue weighted by molar-refractivity contribution is 6.11. The summed E-state index contributed by atoms with van der Waals surface area (Å²) in [6.45, 7) is 4.37. The van der Waals surface area contributed by atoms with E-state index in [1.165, 1.54) is 13.8 Å². The number of nitrogen functional groups attached to an aromatic ring is 1. The summed E-state index contributed by atoms with van der Waals surface area (Å²) in [7, 11) is 0. The van der Waals surface area contributed by atoms with Crippen molar-refractivity contribution in [2.75, 3.05) is 11.1 Å². The Morgan fingerprint density at radius 3 is 1.96 bits per heavy atom. The number of rotatable bonds is 5. The highest BCUT2D eigenvalue weighted by Gasteiger charge is 2.37. The zero-order valence-electron chi connectivity index (χ0n) is 13.9. The van der Waals surface area contributed by atoms with Crippen molar-refractivity contribution in [3.05, 3.63) is 59.7 Å². The SMILES string of the molecule is CC(=O)C(C)(C(C)=O)c1ccc(C(=O)Nc2ccccc2N)cc1. The topological polar surface area (TPSA) is 89.3 Å². The molecule has 0 heterocycles. The van der Waals surface area contributed by atoms with Crippen molar-refractivity contribution in [2.45, 2.75) is 26.2 Å². The van der Waals surface area contributed by atoms with E-state index in [1.54, 1.807) is 55.5 Å². The molecule has 124 valence electrons. The van der Waals surface area contributed by atoms with Crippen LogP contribution in [0.3, 0.4) is 0 Å². The molecular weight excluding hydrogens is 304 g/mol. The lowest BCUT2D eigenvalue weighted by Gasteiger charge is -2.24. The van der Waals surface area contributed by atoms with Crippen LogP contribution in [-0.4, -0.2) is 17.5 Å². The van der Waals surface area contributed by atoms with Crippen molar-refractivity contribution in [3.63, 3.8) is 0 Å². The second-order valence-electron chi connectivity index (χ2n) is 5.86. The highest BCUT2D eigenvalue weighted by atomic mass is 16.2. The first-order valence-electron chi connectivity index (χ1n) is 7.55. The lowest BCUT2D eigenvalue weighted by atomic mass is 9.76. The third kappa shape index (κ3) is 3.20. The van der Waals surface area contributed by atoms with Gasteiger partial charge < -0.3 is 11.1 Å². The van der Waals surface area contributed by atoms with Crippen LogP contribution in [0.5, 0.6) is 0 Å². The number of hydrogen-bond donors (Lipinski definition) is 2. The normalized spacial score (nSPS) is 11.0. The Morgan fingerprint density at radius 1 is 0.917 bits per heavy atom. The molecule has 0 aliphatic rings. The molecule has 24 heavy (non-hydrogen) atoms. The van der Waals surface area contributed by atoms with Crippen molar-refractivity contribution >= 4 is 28.8 Å². The average Bonchev–Trinajstić information content (AvgIpc) is 2.55. The number of anilines is 2. The zero-order chi connectivity index (χ0) is 17.9. The van der Waals surface area contributed by atoms with Gasteiger partial charge in [0.15, 0.2) is 0 Å². The maximum Gasteiger partial charge on any atom is 0.255 e. The summed E-state index contributed by atoms with van der Waals surface area (Å²) in [5.41, 5.74) is 6.60. The molecule has 2 rings (SSSR count). The van der Waals surface area contributed by atoms with Crippen LogP contribution in [0.4, 0.5) is 11.4 Å². The molecule has 3 N–H and O–H groups in total. The van der Waals surface area contributed by atoms with Crippen LogP contribution in [0.2, 0.25) is 0 Å². The molecule has 0 radical (unpaired) electrons. The third-order valence-electron chi connectivity index (χ3n) is 4.34. The molecule has 0 bridgehead atoms. The maximum atomic E-state index is 12.3. The summed E-state index contributed by atoms with van der Waals surface area (Å²) in [6.07, 6.45) is 0. The summed E-state index contributed by atoms with van der Waals surface area (Å²) in [5.74, 6) is -0.777. The smallest absolute Gasteiger partial charge is 0.255 e. The molecule has 0 aliphatic carbocycles. The lowest BCUT2D eigenvalue weighted by molar-refractivity contribution is -0.132. The average molecular weight is 324 g/mol. The summed E-state index contributed by atoms with van der Waals surface area (Å²) in [4.78, 5) is 36.1. The molecule has 0 aromatic heterocycles. The first-order valence-corrected chi connectivity index (χ1v) is 7.55. The molecule has 0 spiro atoms. The quantitative estimate of drug-likeness (QED) is 0.653. The molecule has 0 aliphatic heterocycles. The van der Waals surface area contributed by atoms with E-state index < -0.39 is 5.41 Å². The van der Waals surface area contributed by atoms with E-state index in [4.69, 9.17) is 5.73 Å². The minimum atomic E-state index is -1.20. The van der Waals surface area contributed by atoms with Gasteiger partial charge in [0.1, 0.15) is 17.0 Å². The number of hydrogen-bond acceptors (Lipinski definition) is 4. The van der Waals surface area contributed by atoms with Gasteiger partial charge in [0.2, 0.25) is 0 Å². The number of carbonyl (C=O) groups excluding carboxylic acids is 3. The highest BCUT2D eigenvalue weighted by Crippen LogP contribution is 2.27. The second kappa shape index (κ2) is 6.66. The molecule has 0 saturated heterocycles. The standard InChI is InChI=1S/C19H20N2O3/c1-12(22)19(3,13(2)23)15-10-8-14(9-11-15)18(24)21-17-7-5-4-6-16(17)20/h4-11H,20H2,1-3H3,(H,21,24). The zero-order valence-corrected chi connectivity index (χ0v) is 13.9. The van der Waals surface area contributed by atoms with Crippen LogP contribution in [0.1, 0.15) is 36.7 Å². The number of carbonyl (C=O) groups is 3. The monoisotopic (exact) mass is 324 g/mol. The van der Waals surface area contributed by atoms with Gasteiger partial charge in [-0.05, 0) is 50.6 Å². The summed E-state index contributed by atoms with van der Waals surface area (Å²) >= 11 is 0. The maximum absolute atomic E-state index is 12.3. The number of nitrogens with two attached hydrogens (primary N) is 1. The Bertz CT molecular complexity index is 781. The lowest BCUT2D eigenvalue weighted by Crippen LogP contribution is -2.38. The van der Waals surface area contributed by atoms with Gasteiger partial charge in [0, 0.05) is 5.56 Å². The van der Waals surface area contributed by atoms with E-state index in [0.717, 1.165) is 0 Å². The van der Waals surface area contributed by atoms with E-state index >= 15 is 0 Å². The minimum absolute atomic E-state index is 0.232. The van der Waals surface area contributed by atoms with Crippen molar-refractivity contribution in [1.29, 1.82) is 0 Å². The molecule has 0 atom stereocenters. The molecule has 5 nitrogen and oxygen atoms in total. The molecule has 0 unspecified atom stereocenters. The van der Waals surface area contributed by atoms with Gasteiger partial charge >= 0.3 is 0 Å². The molecule has 0 fully saturated rings. The number of nitrogens with one attached hydrogen (secondary N) is 1. The molecule has 2 aromatic rings. The van der Waals surface area contributed by atoms with Crippen LogP contribution < -0.4 is 11.1 Å². The first kappa shape index (κ1) is 17.4. The fourth-order valence-corrected chi connectivity index (χ4v) is 2.41. The van der Waals surface area contributed by atoms with Crippen molar-refractivity contribution < 1.29 is 14.4 Å². The van der Waals surface area contributed by atoms with E-state index in [9.17, 15) is 14.4 Å². The number of amides is 1. The molecular formula is C19H20N2O3. The van der Waals surface area contributed by atoms with Crippen molar-refractivity contribution in [2.24, 2.45) is 0 Å². The van der Waals surface area contributed by atoms with E-state index in [2.05, 4.69) is 5.32 Å². The van der Waals surface area contributed by atoms with Crippen LogP contribution in [0, 0.1) is 0 Å². The summed E-state index contributed by atoms with van der Waals surface area (Å²) in [5, 5.41) is 2.73. The van der Waals surface area contributed by atoms with E-state index in [-0.39, 0.29) is 17.5 Å². The predicted molar refractivity (Wildman–Crippen MR) is 94.0 cm³/mol. The number of para-hydroxylation sites is 2. The van der Waals surface area contributed by atoms with Crippen LogP contribution in [0.15, 0.2) is 48.5 Å². The Balaban J connectivity index is 2.26. The second-order valence-corrected chi connectivity index (χ2v) is 5.86. The Morgan fingerprint density at radius 2 is 1.46 bits per heavy atom. The van der Waals surface area contributed by atoms with Crippen LogP contribution >= 0.6 is 0 Å². The number of Topliss-reactive ketones (excluding diaryl/α,β-unsaturated/α-hetero) is 2. The van der Waals surface area contributed by atoms with E-state index in [1.807, 2.05) is 0 Å². The van der Waals surface area contributed by atoms with Gasteiger partial charge in [-0.3, -0.25) is 14.4 Å². The Kier molecular flexibility index (Phi) is 4.83. The largest absolute Gasteiger partial charge is 0.397 e. The minimum Gasteiger partial charge on any atom is -0.397 e. The Hall–Kier alpha value is -2.95. The van der Waals surface area contributed by atoms with Crippen LogP contribution in [0.25, 0.3) is 0 Å². The fraction of sp³-hybridized carbons (Fsp3) is 0.211. The number of benzene rings is 2.